The van der Waals surface area contributed by atoms with E-state index in [9.17, 15) is 46.6 Å². The number of aromatic hydroxyl groups is 4. The molecule has 0 atom stereocenters. The van der Waals surface area contributed by atoms with Crippen LogP contribution in [0.15, 0.2) is 305 Å². The number of carbonyl (C=O) groups is 1. The third-order valence-corrected chi connectivity index (χ3v) is 20.5. The van der Waals surface area contributed by atoms with Gasteiger partial charge in [-0.05, 0) is 121 Å². The van der Waals surface area contributed by atoms with Crippen LogP contribution >= 0.6 is 15.9 Å². The lowest BCUT2D eigenvalue weighted by atomic mass is 10.1. The van der Waals surface area contributed by atoms with Crippen molar-refractivity contribution in [2.45, 2.75) is 9.79 Å². The van der Waals surface area contributed by atoms with E-state index in [1.165, 1.54) is 75.9 Å². The number of phenols is 4. The summed E-state index contributed by atoms with van der Waals surface area (Å²) in [5.41, 5.74) is 13.4. The van der Waals surface area contributed by atoms with Crippen molar-refractivity contribution in [1.29, 1.82) is 0 Å². The Labute approximate surface area is 696 Å². The second kappa shape index (κ2) is 37.2. The molecule has 0 saturated heterocycles. The van der Waals surface area contributed by atoms with Crippen molar-refractivity contribution in [3.8, 4) is 183 Å². The smallest absolute Gasteiger partial charge is 0.294 e. The predicted molar refractivity (Wildman–Crippen MR) is 457 cm³/mol. The number of amides is 1. The zero-order valence-electron chi connectivity index (χ0n) is 64.3. The van der Waals surface area contributed by atoms with Gasteiger partial charge in [0.05, 0.1) is 60.5 Å². The van der Waals surface area contributed by atoms with Crippen LogP contribution < -0.4 is 24.7 Å². The molecule has 4 heterocycles. The monoisotopic (exact) mass is 1700 g/mol. The van der Waals surface area contributed by atoms with E-state index in [1.54, 1.807) is 98.1 Å². The van der Waals surface area contributed by atoms with Crippen LogP contribution in [0, 0.1) is 0 Å². The molecule has 0 aliphatic heterocycles. The van der Waals surface area contributed by atoms with Crippen molar-refractivity contribution < 1.29 is 65.6 Å². The number of methoxy groups -OCH3 is 4. The summed E-state index contributed by atoms with van der Waals surface area (Å²) in [5, 5.41) is 41.8. The lowest BCUT2D eigenvalue weighted by molar-refractivity contribution is 0.1000. The number of hydrogen-bond acceptors (Lipinski definition) is 25. The first kappa shape index (κ1) is 82.9. The number of carbonyl (C=O) groups excluding carboxylic acids is 1. The summed E-state index contributed by atoms with van der Waals surface area (Å²) in [6, 6.07) is 83.8. The predicted octanol–water partition coefficient (Wildman–Crippen LogP) is 16.9. The van der Waals surface area contributed by atoms with Crippen LogP contribution in [-0.4, -0.2) is 142 Å². The van der Waals surface area contributed by atoms with Crippen LogP contribution in [0.4, 0.5) is 0 Å². The molecular formula is C90H70BrN13O14S2. The summed E-state index contributed by atoms with van der Waals surface area (Å²) in [4.78, 5) is 66.1. The van der Waals surface area contributed by atoms with Gasteiger partial charge in [-0.3, -0.25) is 9.35 Å². The number of hydrogen-bond donors (Lipinski definition) is 6. The second-order valence-corrected chi connectivity index (χ2v) is 30.3. The van der Waals surface area contributed by atoms with Gasteiger partial charge in [0, 0.05) is 85.1 Å². The SMILES string of the molecule is COc1ccc(-c2nc(-c3ccccc3)nc(-c3ccc(Br)cc3)n2)c(O)c1.COc1ccc(-c2nc(-c3ccccc3)nc(-c3ccc(C(N)=O)cc3)n2)c(O)c1.COc1ccc(-c2nc(-c3ccccc3)nc(-c3ccc(S(=O)(=O)O)cc3)n2)c(O)c1.COc1ccc(-c2nc(-c3ccccc3)nc(-c3ccc(S(C)(=O)=O)cc3)n2)c(O)c1. The van der Waals surface area contributed by atoms with Gasteiger partial charge in [-0.1, -0.05) is 162 Å². The van der Waals surface area contributed by atoms with E-state index in [0.717, 1.165) is 38.5 Å². The van der Waals surface area contributed by atoms with Crippen LogP contribution in [-0.2, 0) is 20.0 Å². The van der Waals surface area contributed by atoms with Gasteiger partial charge in [0.15, 0.2) is 79.7 Å². The Hall–Kier alpha value is -15.1. The van der Waals surface area contributed by atoms with E-state index < -0.39 is 25.9 Å². The van der Waals surface area contributed by atoms with Gasteiger partial charge >= 0.3 is 0 Å². The number of nitrogens with two attached hydrogens (primary N) is 1. The van der Waals surface area contributed by atoms with Crippen molar-refractivity contribution in [3.63, 3.8) is 0 Å². The fourth-order valence-electron chi connectivity index (χ4n) is 11.7. The second-order valence-electron chi connectivity index (χ2n) is 26.0. The first-order chi connectivity index (χ1) is 57.9. The van der Waals surface area contributed by atoms with E-state index >= 15 is 0 Å². The number of halogens is 1. The van der Waals surface area contributed by atoms with E-state index in [4.69, 9.17) is 24.7 Å². The summed E-state index contributed by atoms with van der Waals surface area (Å²) < 4.78 is 77.0. The topological polar surface area (TPSA) is 404 Å². The molecular weight excluding hydrogens is 1630 g/mol. The normalized spacial score (nSPS) is 11.0. The first-order valence-corrected chi connectivity index (χ1v) is 40.3. The molecule has 12 aromatic carbocycles. The average Bonchev–Trinajstić information content (AvgIpc) is 0.806. The number of phenolic OH excluding ortho intramolecular Hbond substituents is 4. The number of benzene rings is 12. The molecule has 0 radical (unpaired) electrons. The van der Waals surface area contributed by atoms with Gasteiger partial charge in [-0.15, -0.1) is 0 Å². The molecule has 4 aromatic heterocycles. The Morgan fingerprint density at radius 2 is 0.500 bits per heavy atom. The fourth-order valence-corrected chi connectivity index (χ4v) is 13.1. The van der Waals surface area contributed by atoms with Gasteiger partial charge in [0.25, 0.3) is 10.1 Å². The van der Waals surface area contributed by atoms with Gasteiger partial charge in [0.1, 0.15) is 46.0 Å². The molecule has 0 aliphatic rings. The number of sulfone groups is 1. The molecule has 0 fully saturated rings. The van der Waals surface area contributed by atoms with Crippen molar-refractivity contribution >= 4 is 41.8 Å². The Balaban J connectivity index is 0.000000138. The lowest BCUT2D eigenvalue weighted by Gasteiger charge is -2.10. The maximum atomic E-state index is 11.8. The third-order valence-electron chi connectivity index (χ3n) is 17.9. The number of nitrogens with zero attached hydrogens (tertiary/aromatic N) is 12. The summed E-state index contributed by atoms with van der Waals surface area (Å²) in [6.45, 7) is 0. The Kier molecular flexibility index (Phi) is 25.7. The number of rotatable bonds is 19. The molecule has 598 valence electrons. The first-order valence-electron chi connectivity index (χ1n) is 36.2. The molecule has 16 rings (SSSR count). The lowest BCUT2D eigenvalue weighted by Crippen LogP contribution is -2.10. The zero-order valence-corrected chi connectivity index (χ0v) is 67.5. The van der Waals surface area contributed by atoms with E-state index in [-0.39, 0.29) is 50.3 Å². The summed E-state index contributed by atoms with van der Waals surface area (Å²) in [6.07, 6.45) is 1.16. The summed E-state index contributed by atoms with van der Waals surface area (Å²) >= 11 is 3.45. The average molecular weight is 1700 g/mol. The van der Waals surface area contributed by atoms with Gasteiger partial charge in [-0.2, -0.15) is 8.42 Å². The molecule has 0 aliphatic carbocycles. The third kappa shape index (κ3) is 20.4. The van der Waals surface area contributed by atoms with Crippen molar-refractivity contribution in [2.24, 2.45) is 5.73 Å². The molecule has 0 bridgehead atoms. The fraction of sp³-hybridized carbons (Fsp3) is 0.0556. The Morgan fingerprint density at radius 3 is 0.708 bits per heavy atom. The van der Waals surface area contributed by atoms with Crippen LogP contribution in [0.1, 0.15) is 10.4 Å². The van der Waals surface area contributed by atoms with Crippen LogP contribution in [0.2, 0.25) is 0 Å². The van der Waals surface area contributed by atoms with Gasteiger partial charge < -0.3 is 45.1 Å². The highest BCUT2D eigenvalue weighted by Crippen LogP contribution is 2.39. The van der Waals surface area contributed by atoms with Crippen LogP contribution in [0.25, 0.3) is 137 Å². The number of primary amides is 1. The van der Waals surface area contributed by atoms with Gasteiger partial charge in [-0.25, -0.2) is 68.2 Å². The minimum atomic E-state index is -4.31. The molecule has 1 amide bonds. The Morgan fingerprint density at radius 1 is 0.292 bits per heavy atom. The van der Waals surface area contributed by atoms with Crippen LogP contribution in [0.3, 0.4) is 0 Å². The number of ether oxygens (including phenoxy) is 4. The molecule has 27 nitrogen and oxygen atoms in total. The maximum Gasteiger partial charge on any atom is 0.294 e. The van der Waals surface area contributed by atoms with Crippen molar-refractivity contribution in [3.05, 3.63) is 301 Å². The Bertz CT molecular complexity index is 6400. The number of aromatic nitrogens is 12. The van der Waals surface area contributed by atoms with E-state index in [1.807, 2.05) is 146 Å². The van der Waals surface area contributed by atoms with Crippen molar-refractivity contribution in [2.75, 3.05) is 34.7 Å². The highest BCUT2D eigenvalue weighted by molar-refractivity contribution is 9.10. The van der Waals surface area contributed by atoms with Gasteiger partial charge in [0.2, 0.25) is 5.91 Å². The molecule has 0 unspecified atom stereocenters. The molecule has 120 heavy (non-hydrogen) atoms. The standard InChI is InChI=1S/C23H18N4O3.C23H19N3O4S.C22H16BrN3O2.C22H17N3O5S/c1-30-17-11-12-18(19(28)13-17)23-26-21(15-5-3-2-4-6-15)25-22(27-23)16-9-7-14(8-10-16)20(24)29;1-30-17-10-13-19(20(27)14-17)23-25-21(15-6-4-3-5-7-15)24-22(26-23)16-8-11-18(12-9-16)31(2,28)29;1-28-17-11-12-18(19(27)13-17)22-25-20(14-5-3-2-4-6-14)24-21(26-22)15-7-9-16(23)10-8-15;1-30-16-9-12-18(19(26)13-16)22-24-20(14-5-3-2-4-6-14)23-21(25-22)15-7-10-17(11-8-15)31(27,28)29/h2-13,28H,1H3,(H2,24,29);3-14,27H,1-2H3;2-13,27H,1H3;2-13,26H,1H3,(H,27,28,29). The van der Waals surface area contributed by atoms with E-state index in [0.29, 0.717) is 120 Å². The zero-order chi connectivity index (χ0) is 84.6. The highest BCUT2D eigenvalue weighted by Gasteiger charge is 2.22. The summed E-state index contributed by atoms with van der Waals surface area (Å²) in [5.74, 6) is 6.17. The summed E-state index contributed by atoms with van der Waals surface area (Å²) in [7, 11) is -1.53. The molecule has 16 aromatic rings. The molecule has 0 saturated carbocycles. The van der Waals surface area contributed by atoms with E-state index in [2.05, 4.69) is 75.7 Å². The maximum absolute atomic E-state index is 11.8. The quantitative estimate of drug-likeness (QED) is 0.0409. The molecule has 0 spiro atoms. The van der Waals surface area contributed by atoms with Crippen LogP contribution in [0.5, 0.6) is 46.0 Å². The minimum absolute atomic E-state index is 0.00501. The minimum Gasteiger partial charge on any atom is -0.507 e. The highest BCUT2D eigenvalue weighted by atomic mass is 79.9. The molecule has 7 N–H and O–H groups in total. The molecule has 30 heteroatoms. The largest absolute Gasteiger partial charge is 0.507 e. The van der Waals surface area contributed by atoms with Crippen molar-refractivity contribution in [1.82, 2.24) is 59.8 Å².